The third-order valence-electron chi connectivity index (χ3n) is 1.73. The zero-order valence-electron chi connectivity index (χ0n) is 8.69. The molecule has 1 aromatic rings. The zero-order chi connectivity index (χ0) is 10.9. The minimum absolute atomic E-state index is 0.518. The number of rotatable bonds is 6. The molecule has 4 heteroatoms. The van der Waals surface area contributed by atoms with Crippen LogP contribution >= 0.6 is 0 Å². The Morgan fingerprint density at radius 1 is 1.40 bits per heavy atom. The largest absolute Gasteiger partial charge is 0.491 e. The van der Waals surface area contributed by atoms with E-state index >= 15 is 0 Å². The van der Waals surface area contributed by atoms with Crippen molar-refractivity contribution < 1.29 is 9.47 Å². The molecule has 0 aromatic heterocycles. The number of anilines is 1. The van der Waals surface area contributed by atoms with Crippen molar-refractivity contribution in [3.05, 3.63) is 24.3 Å². The van der Waals surface area contributed by atoms with Crippen LogP contribution in [0.4, 0.5) is 5.69 Å². The van der Waals surface area contributed by atoms with Gasteiger partial charge in [0.1, 0.15) is 12.4 Å². The molecule has 0 saturated heterocycles. The second-order valence-electron chi connectivity index (χ2n) is 2.81. The van der Waals surface area contributed by atoms with Gasteiger partial charge >= 0.3 is 0 Å². The highest BCUT2D eigenvalue weighted by Crippen LogP contribution is 2.16. The Balaban J connectivity index is 2.40. The summed E-state index contributed by atoms with van der Waals surface area (Å²) in [5.74, 6) is 0.731. The molecule has 0 fully saturated rings. The third-order valence-corrected chi connectivity index (χ3v) is 1.73. The Kier molecular flexibility index (Phi) is 5.06. The van der Waals surface area contributed by atoms with Gasteiger partial charge in [-0.05, 0) is 19.1 Å². The molecule has 0 unspecified atom stereocenters. The Morgan fingerprint density at radius 2 is 2.27 bits per heavy atom. The highest BCUT2D eigenvalue weighted by Gasteiger charge is 1.95. The van der Waals surface area contributed by atoms with Crippen molar-refractivity contribution in [1.29, 1.82) is 5.26 Å². The Labute approximate surface area is 89.4 Å². The number of hydrogen-bond acceptors (Lipinski definition) is 4. The van der Waals surface area contributed by atoms with Gasteiger partial charge in [0.2, 0.25) is 0 Å². The van der Waals surface area contributed by atoms with Gasteiger partial charge in [-0.3, -0.25) is 5.32 Å². The molecule has 0 aliphatic rings. The molecule has 0 radical (unpaired) electrons. The van der Waals surface area contributed by atoms with Crippen molar-refractivity contribution in [2.24, 2.45) is 0 Å². The van der Waals surface area contributed by atoms with E-state index in [-0.39, 0.29) is 0 Å². The van der Waals surface area contributed by atoms with E-state index in [4.69, 9.17) is 14.7 Å². The first-order chi connectivity index (χ1) is 7.36. The van der Waals surface area contributed by atoms with Crippen molar-refractivity contribution in [2.45, 2.75) is 6.92 Å². The molecule has 4 nitrogen and oxygen atoms in total. The van der Waals surface area contributed by atoms with E-state index in [1.54, 1.807) is 12.1 Å². The number of nitrogens with zero attached hydrogens (tertiary/aromatic N) is 1. The average molecular weight is 206 g/mol. The van der Waals surface area contributed by atoms with Crippen LogP contribution in [0.15, 0.2) is 24.3 Å². The van der Waals surface area contributed by atoms with Crippen LogP contribution in [0.25, 0.3) is 0 Å². The van der Waals surface area contributed by atoms with E-state index < -0.39 is 0 Å². The summed E-state index contributed by atoms with van der Waals surface area (Å²) < 4.78 is 10.6. The Hall–Kier alpha value is -1.73. The van der Waals surface area contributed by atoms with Crippen LogP contribution in [0, 0.1) is 11.5 Å². The standard InChI is InChI=1S/C11H14N2O2/c1-2-14-6-7-15-11-5-3-4-10(8-11)13-9-12/h3-5,8,13H,2,6-7H2,1H3. The summed E-state index contributed by atoms with van der Waals surface area (Å²) in [5.41, 5.74) is 0.728. The summed E-state index contributed by atoms with van der Waals surface area (Å²) in [6.45, 7) is 3.73. The Morgan fingerprint density at radius 3 is 3.00 bits per heavy atom. The van der Waals surface area contributed by atoms with E-state index in [1.807, 2.05) is 25.2 Å². The minimum atomic E-state index is 0.518. The molecule has 1 N–H and O–H groups in total. The SMILES string of the molecule is CCOCCOc1cccc(NC#N)c1. The molecule has 0 saturated carbocycles. The minimum Gasteiger partial charge on any atom is -0.491 e. The average Bonchev–Trinajstić information content (AvgIpc) is 2.26. The van der Waals surface area contributed by atoms with Gasteiger partial charge in [-0.1, -0.05) is 6.07 Å². The first-order valence-electron chi connectivity index (χ1n) is 4.82. The lowest BCUT2D eigenvalue weighted by molar-refractivity contribution is 0.110. The smallest absolute Gasteiger partial charge is 0.181 e. The van der Waals surface area contributed by atoms with Gasteiger partial charge < -0.3 is 9.47 Å². The number of nitrogens with one attached hydrogen (secondary N) is 1. The lowest BCUT2D eigenvalue weighted by Crippen LogP contribution is -2.06. The molecule has 0 atom stereocenters. The van der Waals surface area contributed by atoms with Gasteiger partial charge in [0, 0.05) is 12.7 Å². The highest BCUT2D eigenvalue weighted by molar-refractivity contribution is 5.50. The summed E-state index contributed by atoms with van der Waals surface area (Å²) in [6.07, 6.45) is 1.86. The van der Waals surface area contributed by atoms with Crippen LogP contribution in [0.2, 0.25) is 0 Å². The Bertz CT molecular complexity index is 334. The van der Waals surface area contributed by atoms with Crippen molar-refractivity contribution in [3.63, 3.8) is 0 Å². The van der Waals surface area contributed by atoms with Gasteiger partial charge in [-0.2, -0.15) is 5.26 Å². The van der Waals surface area contributed by atoms with Gasteiger partial charge in [0.25, 0.3) is 0 Å². The molecule has 1 aromatic carbocycles. The monoisotopic (exact) mass is 206 g/mol. The van der Waals surface area contributed by atoms with Gasteiger partial charge in [0.05, 0.1) is 12.3 Å². The van der Waals surface area contributed by atoms with Gasteiger partial charge in [-0.25, -0.2) is 0 Å². The second kappa shape index (κ2) is 6.68. The predicted molar refractivity (Wildman–Crippen MR) is 57.7 cm³/mol. The predicted octanol–water partition coefficient (Wildman–Crippen LogP) is 1.99. The molecular formula is C11H14N2O2. The fourth-order valence-corrected chi connectivity index (χ4v) is 1.09. The summed E-state index contributed by atoms with van der Waals surface area (Å²) in [5, 5.41) is 11.0. The van der Waals surface area contributed by atoms with Crippen molar-refractivity contribution in [2.75, 3.05) is 25.1 Å². The third kappa shape index (κ3) is 4.34. The fraction of sp³-hybridized carbons (Fsp3) is 0.364. The lowest BCUT2D eigenvalue weighted by Gasteiger charge is -2.06. The quantitative estimate of drug-likeness (QED) is 0.439. The maximum atomic E-state index is 8.43. The van der Waals surface area contributed by atoms with E-state index in [0.717, 1.165) is 11.4 Å². The van der Waals surface area contributed by atoms with Crippen LogP contribution < -0.4 is 10.1 Å². The van der Waals surface area contributed by atoms with Crippen LogP contribution in [0.3, 0.4) is 0 Å². The van der Waals surface area contributed by atoms with E-state index in [2.05, 4.69) is 5.32 Å². The molecule has 0 bridgehead atoms. The molecule has 1 rings (SSSR count). The lowest BCUT2D eigenvalue weighted by atomic mass is 10.3. The van der Waals surface area contributed by atoms with E-state index in [0.29, 0.717) is 19.8 Å². The molecular weight excluding hydrogens is 192 g/mol. The first-order valence-corrected chi connectivity index (χ1v) is 4.82. The maximum Gasteiger partial charge on any atom is 0.181 e. The van der Waals surface area contributed by atoms with Crippen LogP contribution in [-0.2, 0) is 4.74 Å². The molecule has 15 heavy (non-hydrogen) atoms. The number of nitriles is 1. The number of benzene rings is 1. The molecule has 0 heterocycles. The normalized spacial score (nSPS) is 9.33. The summed E-state index contributed by atoms with van der Waals surface area (Å²) in [6, 6.07) is 7.25. The zero-order valence-corrected chi connectivity index (χ0v) is 8.69. The number of ether oxygens (including phenoxy) is 2. The molecule has 0 amide bonds. The summed E-state index contributed by atoms with van der Waals surface area (Å²) in [7, 11) is 0. The fourth-order valence-electron chi connectivity index (χ4n) is 1.09. The van der Waals surface area contributed by atoms with Crippen LogP contribution in [0.1, 0.15) is 6.92 Å². The van der Waals surface area contributed by atoms with Gasteiger partial charge in [0.15, 0.2) is 6.19 Å². The maximum absolute atomic E-state index is 8.43. The molecule has 0 aliphatic carbocycles. The van der Waals surface area contributed by atoms with Crippen molar-refractivity contribution in [1.82, 2.24) is 0 Å². The summed E-state index contributed by atoms with van der Waals surface area (Å²) in [4.78, 5) is 0. The second-order valence-corrected chi connectivity index (χ2v) is 2.81. The molecule has 0 aliphatic heterocycles. The van der Waals surface area contributed by atoms with Gasteiger partial charge in [-0.15, -0.1) is 0 Å². The topological polar surface area (TPSA) is 54.3 Å². The van der Waals surface area contributed by atoms with E-state index in [9.17, 15) is 0 Å². The highest BCUT2D eigenvalue weighted by atomic mass is 16.5. The molecule has 80 valence electrons. The van der Waals surface area contributed by atoms with Crippen LogP contribution in [0.5, 0.6) is 5.75 Å². The first kappa shape index (κ1) is 11.3. The van der Waals surface area contributed by atoms with Crippen LogP contribution in [-0.4, -0.2) is 19.8 Å². The van der Waals surface area contributed by atoms with E-state index in [1.165, 1.54) is 0 Å². The molecule has 0 spiro atoms. The summed E-state index contributed by atoms with van der Waals surface area (Å²) >= 11 is 0. The number of hydrogen-bond donors (Lipinski definition) is 1. The van der Waals surface area contributed by atoms with Crippen molar-refractivity contribution >= 4 is 5.69 Å². The van der Waals surface area contributed by atoms with Crippen molar-refractivity contribution in [3.8, 4) is 11.9 Å².